The molecule has 0 atom stereocenters. The van der Waals surface area contributed by atoms with Gasteiger partial charge in [-0.2, -0.15) is 0 Å². The van der Waals surface area contributed by atoms with Crippen LogP contribution in [0.4, 0.5) is 8.78 Å². The van der Waals surface area contributed by atoms with Gasteiger partial charge >= 0.3 is 5.97 Å². The van der Waals surface area contributed by atoms with E-state index in [1.807, 2.05) is 96.3 Å². The maximum atomic E-state index is 13.8. The Morgan fingerprint density at radius 2 is 0.940 bits per heavy atom. The number of carbonyl (C=O) groups excluding carboxylic acids is 1. The zero-order valence-corrected chi connectivity index (χ0v) is 46.8. The van der Waals surface area contributed by atoms with Crippen molar-refractivity contribution in [2.45, 2.75) is 88.2 Å². The monoisotopic (exact) mass is 1150 g/mol. The van der Waals surface area contributed by atoms with E-state index in [0.29, 0.717) is 78.8 Å². The molecule has 0 saturated heterocycles. The van der Waals surface area contributed by atoms with Crippen molar-refractivity contribution in [3.05, 3.63) is 221 Å². The van der Waals surface area contributed by atoms with Gasteiger partial charge in [0, 0.05) is 96.2 Å². The fraction of sp³-hybridized carbons (Fsp3) is 0.323. The lowest BCUT2D eigenvalue weighted by Crippen LogP contribution is -2.32. The highest BCUT2D eigenvalue weighted by Gasteiger charge is 2.28. The average Bonchev–Trinajstić information content (AvgIpc) is 3.58. The number of nitrogens with two attached hydrogens (primary N) is 1. The number of carboxylic acids is 1. The van der Waals surface area contributed by atoms with Crippen LogP contribution in [0.3, 0.4) is 0 Å². The fourth-order valence-corrected chi connectivity index (χ4v) is 10.2. The largest absolute Gasteiger partial charge is 0.493 e. The van der Waals surface area contributed by atoms with Crippen molar-refractivity contribution in [2.75, 3.05) is 41.5 Å². The van der Waals surface area contributed by atoms with Crippen LogP contribution in [0, 0.1) is 25.5 Å². The summed E-state index contributed by atoms with van der Waals surface area (Å²) in [7, 11) is 10.1. The number of amides is 1. The number of aryl methyl sites for hydroxylation is 2. The van der Waals surface area contributed by atoms with Crippen LogP contribution in [-0.2, 0) is 66.2 Å². The Balaban J connectivity index is 0.000000256. The lowest BCUT2D eigenvalue weighted by atomic mass is 10.1. The molecule has 6 aromatic carbocycles. The van der Waals surface area contributed by atoms with E-state index in [-0.39, 0.29) is 56.5 Å². The van der Waals surface area contributed by atoms with Crippen molar-refractivity contribution in [3.63, 3.8) is 0 Å². The SMILES string of the molecule is C.C.C.COc1ccc(CN)cc1OC.COc1ccc(CNC(=O)c2ccc(CN3CCc4c(c(=O)n(-c5ccc(F)c(C)c5)n4C)C3)cc2)cc1OC.Cc1cc(-n2c(=O)c3c(n2C)CCN(Cc2ccc(C(=O)O)cc2)C3)ccc1F. The smallest absolute Gasteiger partial charge is 0.335 e. The molecule has 0 fully saturated rings. The van der Waals surface area contributed by atoms with Crippen molar-refractivity contribution in [1.29, 1.82) is 0 Å². The van der Waals surface area contributed by atoms with Crippen molar-refractivity contribution < 1.29 is 42.4 Å². The van der Waals surface area contributed by atoms with Gasteiger partial charge < -0.3 is 35.1 Å². The molecule has 0 spiro atoms. The summed E-state index contributed by atoms with van der Waals surface area (Å²) in [4.78, 5) is 54.6. The normalized spacial score (nSPS) is 12.5. The lowest BCUT2D eigenvalue weighted by molar-refractivity contribution is 0.0696. The molecule has 8 aromatic rings. The Morgan fingerprint density at radius 3 is 1.33 bits per heavy atom. The van der Waals surface area contributed by atoms with E-state index in [4.69, 9.17) is 29.8 Å². The Bertz CT molecular complexity index is 3680. The number of carbonyl (C=O) groups is 2. The van der Waals surface area contributed by atoms with E-state index >= 15 is 0 Å². The molecule has 4 heterocycles. The molecular weight excluding hydrogens is 1070 g/mol. The third-order valence-corrected chi connectivity index (χ3v) is 14.7. The molecule has 0 radical (unpaired) electrons. The number of carboxylic acid groups (broad SMARTS) is 1. The number of hydrogen-bond donors (Lipinski definition) is 3. The van der Waals surface area contributed by atoms with Crippen LogP contribution in [0.1, 0.15) is 98.9 Å². The molecule has 1 amide bonds. The van der Waals surface area contributed by atoms with E-state index in [2.05, 4.69) is 15.1 Å². The molecule has 2 aliphatic rings. The van der Waals surface area contributed by atoms with Gasteiger partial charge in [0.15, 0.2) is 23.0 Å². The molecular formula is C65H80F2N8O9. The Morgan fingerprint density at radius 1 is 0.548 bits per heavy atom. The first-order valence-corrected chi connectivity index (χ1v) is 26.3. The standard InChI is InChI=1S/C31H33FN4O4.C22H22FN3O3.C9H13NO2.3CH4/c1-20-15-24(10-11-26(20)32)36-31(38)25-19-35(14-13-27(25)34(36)2)18-21-5-8-23(9-6-21)30(37)33-17-22-7-12-28(39-3)29(16-22)40-4;1-14-11-17(7-8-19(14)23)26-21(27)18-13-25(10-9-20(18)24(26)2)12-15-3-5-16(6-4-15)22(28)29;1-11-8-4-3-7(6-10)5-9(8)12-2;;;/h5-12,15-16H,13-14,17-19H2,1-4H3,(H,33,37);3-8,11H,9-10,12-13H2,1-2H3,(H,28,29);3-5H,6,10H2,1-2H3;3*1H4. The summed E-state index contributed by atoms with van der Waals surface area (Å²) < 4.78 is 55.2. The molecule has 0 aliphatic carbocycles. The van der Waals surface area contributed by atoms with Gasteiger partial charge in [-0.15, -0.1) is 0 Å². The minimum Gasteiger partial charge on any atom is -0.493 e. The van der Waals surface area contributed by atoms with Gasteiger partial charge in [0.25, 0.3) is 17.0 Å². The Kier molecular flexibility index (Phi) is 23.2. The molecule has 2 aromatic heterocycles. The fourth-order valence-electron chi connectivity index (χ4n) is 10.2. The van der Waals surface area contributed by atoms with Gasteiger partial charge in [0.05, 0.1) is 56.5 Å². The maximum Gasteiger partial charge on any atom is 0.335 e. The molecule has 448 valence electrons. The molecule has 0 bridgehead atoms. The van der Waals surface area contributed by atoms with Gasteiger partial charge in [-0.05, 0) is 132 Å². The minimum absolute atomic E-state index is 0. The van der Waals surface area contributed by atoms with Crippen LogP contribution in [0.25, 0.3) is 11.4 Å². The summed E-state index contributed by atoms with van der Waals surface area (Å²) >= 11 is 0. The Labute approximate surface area is 491 Å². The third-order valence-electron chi connectivity index (χ3n) is 14.7. The van der Waals surface area contributed by atoms with Gasteiger partial charge in [-0.1, -0.05) is 58.7 Å². The van der Waals surface area contributed by atoms with Crippen molar-refractivity contribution in [1.82, 2.24) is 33.8 Å². The quantitative estimate of drug-likeness (QED) is 0.0882. The number of nitrogens with zero attached hydrogens (tertiary/aromatic N) is 6. The van der Waals surface area contributed by atoms with Gasteiger partial charge in [0.1, 0.15) is 11.6 Å². The zero-order chi connectivity index (χ0) is 58.1. The number of ether oxygens (including phenoxy) is 4. The molecule has 0 saturated carbocycles. The summed E-state index contributed by atoms with van der Waals surface area (Å²) in [5.41, 5.74) is 16.0. The summed E-state index contributed by atoms with van der Waals surface area (Å²) in [6.45, 7) is 8.22. The predicted molar refractivity (Wildman–Crippen MR) is 325 cm³/mol. The molecule has 17 nitrogen and oxygen atoms in total. The molecule has 2 aliphatic heterocycles. The minimum atomic E-state index is -0.944. The molecule has 0 unspecified atom stereocenters. The van der Waals surface area contributed by atoms with Crippen molar-refractivity contribution >= 4 is 11.9 Å². The van der Waals surface area contributed by atoms with Crippen LogP contribution < -0.4 is 41.1 Å². The van der Waals surface area contributed by atoms with Gasteiger partial charge in [-0.3, -0.25) is 33.5 Å². The molecule has 19 heteroatoms. The summed E-state index contributed by atoms with van der Waals surface area (Å²) in [6.07, 6.45) is 1.48. The van der Waals surface area contributed by atoms with Crippen LogP contribution in [0.2, 0.25) is 0 Å². The number of hydrogen-bond acceptors (Lipinski definition) is 11. The molecule has 4 N–H and O–H groups in total. The number of fused-ring (bicyclic) bond motifs is 2. The second-order valence-corrected chi connectivity index (χ2v) is 19.9. The zero-order valence-electron chi connectivity index (χ0n) is 46.8. The van der Waals surface area contributed by atoms with Crippen LogP contribution in [0.15, 0.2) is 131 Å². The summed E-state index contributed by atoms with van der Waals surface area (Å²) in [6, 6.07) is 35.0. The summed E-state index contributed by atoms with van der Waals surface area (Å²) in [5.74, 6) is 1.02. The first-order chi connectivity index (χ1) is 38.9. The highest BCUT2D eigenvalue weighted by atomic mass is 19.1. The van der Waals surface area contributed by atoms with E-state index in [9.17, 15) is 28.0 Å². The van der Waals surface area contributed by atoms with E-state index in [0.717, 1.165) is 82.2 Å². The molecule has 10 rings (SSSR count). The Hall–Kier alpha value is -8.78. The van der Waals surface area contributed by atoms with Gasteiger partial charge in [-0.25, -0.2) is 22.9 Å². The number of rotatable bonds is 15. The number of nitrogens with one attached hydrogen (secondary N) is 1. The van der Waals surface area contributed by atoms with Gasteiger partial charge in [0.2, 0.25) is 0 Å². The topological polar surface area (TPSA) is 190 Å². The molecule has 84 heavy (non-hydrogen) atoms. The van der Waals surface area contributed by atoms with E-state index < -0.39 is 5.97 Å². The number of methoxy groups -OCH3 is 4. The maximum absolute atomic E-state index is 13.8. The second-order valence-electron chi connectivity index (χ2n) is 19.9. The van der Waals surface area contributed by atoms with E-state index in [1.54, 1.807) is 88.0 Å². The second kappa shape index (κ2) is 29.5. The van der Waals surface area contributed by atoms with Crippen LogP contribution >= 0.6 is 0 Å². The van der Waals surface area contributed by atoms with Crippen LogP contribution in [-0.4, -0.2) is 87.0 Å². The summed E-state index contributed by atoms with van der Waals surface area (Å²) in [5, 5.41) is 12.0. The first-order valence-electron chi connectivity index (χ1n) is 26.3. The highest BCUT2D eigenvalue weighted by molar-refractivity contribution is 5.94. The van der Waals surface area contributed by atoms with Crippen LogP contribution in [0.5, 0.6) is 23.0 Å². The third kappa shape index (κ3) is 14.9. The average molecular weight is 1160 g/mol. The lowest BCUT2D eigenvalue weighted by Gasteiger charge is -2.26. The first kappa shape index (κ1) is 66.0. The number of benzene rings is 6. The predicted octanol–water partition coefficient (Wildman–Crippen LogP) is 10.1. The van der Waals surface area contributed by atoms with Crippen molar-refractivity contribution in [2.24, 2.45) is 19.8 Å². The number of aromatic carboxylic acids is 1. The number of aromatic nitrogens is 4. The van der Waals surface area contributed by atoms with Crippen molar-refractivity contribution in [3.8, 4) is 34.4 Å². The highest BCUT2D eigenvalue weighted by Crippen LogP contribution is 2.29. The van der Waals surface area contributed by atoms with E-state index in [1.165, 1.54) is 12.1 Å². The number of halogens is 2.